The van der Waals surface area contributed by atoms with E-state index in [2.05, 4.69) is 11.9 Å². The summed E-state index contributed by atoms with van der Waals surface area (Å²) < 4.78 is 24.8. The largest absolute Gasteiger partial charge is 0.493 e. The molecular weight excluding hydrogens is 443 g/mol. The van der Waals surface area contributed by atoms with Crippen LogP contribution in [0.15, 0.2) is 72.8 Å². The van der Waals surface area contributed by atoms with E-state index in [-0.39, 0.29) is 18.0 Å². The third-order valence-electron chi connectivity index (χ3n) is 5.56. The number of methoxy groups -OCH3 is 1. The smallest absolute Gasteiger partial charge is 0.266 e. The zero-order valence-electron chi connectivity index (χ0n) is 20.0. The molecule has 0 spiro atoms. The average Bonchev–Trinajstić information content (AvgIpc) is 2.85. The van der Waals surface area contributed by atoms with Crippen LogP contribution in [0.25, 0.3) is 6.08 Å². The molecule has 5 nitrogen and oxygen atoms in total. The highest BCUT2D eigenvalue weighted by Crippen LogP contribution is 2.35. The van der Waals surface area contributed by atoms with Crippen molar-refractivity contribution in [3.8, 4) is 17.6 Å². The molecule has 0 saturated carbocycles. The van der Waals surface area contributed by atoms with Gasteiger partial charge in [-0.25, -0.2) is 4.39 Å². The van der Waals surface area contributed by atoms with Crippen LogP contribution in [-0.2, 0) is 17.8 Å². The van der Waals surface area contributed by atoms with Gasteiger partial charge >= 0.3 is 0 Å². The lowest BCUT2D eigenvalue weighted by atomic mass is 10.0. The van der Waals surface area contributed by atoms with Crippen molar-refractivity contribution in [2.24, 2.45) is 0 Å². The molecule has 0 aliphatic heterocycles. The van der Waals surface area contributed by atoms with Gasteiger partial charge in [-0.05, 0) is 78.9 Å². The normalized spacial score (nSPS) is 10.9. The highest BCUT2D eigenvalue weighted by molar-refractivity contribution is 6.10. The highest BCUT2D eigenvalue weighted by Gasteiger charge is 2.16. The first-order chi connectivity index (χ1) is 16.9. The van der Waals surface area contributed by atoms with Crippen molar-refractivity contribution in [2.45, 2.75) is 26.9 Å². The predicted molar refractivity (Wildman–Crippen MR) is 136 cm³/mol. The first-order valence-electron chi connectivity index (χ1n) is 11.0. The van der Waals surface area contributed by atoms with Gasteiger partial charge in [-0.15, -0.1) is 6.58 Å². The summed E-state index contributed by atoms with van der Waals surface area (Å²) in [5.74, 6) is 0.156. The van der Waals surface area contributed by atoms with Crippen LogP contribution < -0.4 is 14.8 Å². The molecule has 1 N–H and O–H groups in total. The molecule has 0 heterocycles. The molecule has 3 rings (SSSR count). The molecule has 0 aromatic heterocycles. The molecule has 0 unspecified atom stereocenters. The van der Waals surface area contributed by atoms with Gasteiger partial charge in [-0.3, -0.25) is 4.79 Å². The van der Waals surface area contributed by atoms with Crippen LogP contribution >= 0.6 is 0 Å². The van der Waals surface area contributed by atoms with Crippen LogP contribution in [0.2, 0.25) is 0 Å². The quantitative estimate of drug-likeness (QED) is 0.226. The van der Waals surface area contributed by atoms with Gasteiger partial charge in [0.2, 0.25) is 0 Å². The Morgan fingerprint density at radius 3 is 2.57 bits per heavy atom. The Balaban J connectivity index is 1.91. The van der Waals surface area contributed by atoms with E-state index in [4.69, 9.17) is 9.47 Å². The maximum Gasteiger partial charge on any atom is 0.266 e. The first kappa shape index (κ1) is 25.3. The number of halogens is 1. The van der Waals surface area contributed by atoms with Crippen molar-refractivity contribution in [2.75, 3.05) is 12.4 Å². The lowest BCUT2D eigenvalue weighted by molar-refractivity contribution is -0.112. The molecule has 0 saturated heterocycles. The van der Waals surface area contributed by atoms with Crippen molar-refractivity contribution in [1.29, 1.82) is 5.26 Å². The lowest BCUT2D eigenvalue weighted by Gasteiger charge is -2.16. The molecule has 1 amide bonds. The van der Waals surface area contributed by atoms with Crippen LogP contribution in [0.4, 0.5) is 10.1 Å². The topological polar surface area (TPSA) is 71.4 Å². The van der Waals surface area contributed by atoms with Crippen molar-refractivity contribution in [3.05, 3.63) is 106 Å². The number of nitriles is 1. The number of anilines is 1. The number of ether oxygens (including phenoxy) is 2. The summed E-state index contributed by atoms with van der Waals surface area (Å²) in [7, 11) is 1.52. The fourth-order valence-corrected chi connectivity index (χ4v) is 3.52. The van der Waals surface area contributed by atoms with Crippen molar-refractivity contribution < 1.29 is 18.7 Å². The van der Waals surface area contributed by atoms with Crippen LogP contribution in [0, 0.1) is 31.0 Å². The number of amides is 1. The summed E-state index contributed by atoms with van der Waals surface area (Å²) in [6, 6.07) is 17.2. The Labute approximate surface area is 205 Å². The fraction of sp³-hybridized carbons (Fsp3) is 0.172. The van der Waals surface area contributed by atoms with E-state index in [9.17, 15) is 14.4 Å². The number of carbonyl (C=O) groups excluding carboxylic acids is 1. The average molecular weight is 471 g/mol. The summed E-state index contributed by atoms with van der Waals surface area (Å²) in [5, 5.41) is 12.5. The fourth-order valence-electron chi connectivity index (χ4n) is 3.52. The minimum atomic E-state index is -0.498. The van der Waals surface area contributed by atoms with Gasteiger partial charge in [0.25, 0.3) is 5.91 Å². The van der Waals surface area contributed by atoms with Crippen molar-refractivity contribution in [3.63, 3.8) is 0 Å². The number of carbonyl (C=O) groups is 1. The van der Waals surface area contributed by atoms with E-state index in [0.717, 1.165) is 22.3 Å². The monoisotopic (exact) mass is 470 g/mol. The maximum absolute atomic E-state index is 13.2. The number of aryl methyl sites for hydroxylation is 1. The Morgan fingerprint density at radius 1 is 1.17 bits per heavy atom. The third kappa shape index (κ3) is 6.36. The lowest BCUT2D eigenvalue weighted by Crippen LogP contribution is -2.14. The Bertz CT molecular complexity index is 1300. The van der Waals surface area contributed by atoms with Crippen molar-refractivity contribution in [1.82, 2.24) is 0 Å². The Kier molecular flexibility index (Phi) is 8.42. The summed E-state index contributed by atoms with van der Waals surface area (Å²) in [6.45, 7) is 7.90. The summed E-state index contributed by atoms with van der Waals surface area (Å²) in [5.41, 5.74) is 4.79. The molecule has 0 bridgehead atoms. The second-order valence-corrected chi connectivity index (χ2v) is 7.99. The SMILES string of the molecule is C=CCc1cc(/C=C(\C#N)C(=O)Nc2cccc(C)c2C)cc(OC)c1OCc1ccc(F)cc1. The van der Waals surface area contributed by atoms with Gasteiger partial charge < -0.3 is 14.8 Å². The van der Waals surface area contributed by atoms with E-state index in [0.29, 0.717) is 29.2 Å². The van der Waals surface area contributed by atoms with E-state index >= 15 is 0 Å². The number of rotatable bonds is 9. The molecule has 0 fully saturated rings. The number of hydrogen-bond acceptors (Lipinski definition) is 4. The van der Waals surface area contributed by atoms with Crippen LogP contribution in [0.3, 0.4) is 0 Å². The van der Waals surface area contributed by atoms with Gasteiger partial charge in [0.15, 0.2) is 11.5 Å². The van der Waals surface area contributed by atoms with Crippen LogP contribution in [0.1, 0.15) is 27.8 Å². The molecular formula is C29H27FN2O3. The minimum absolute atomic E-state index is 0.0440. The van der Waals surface area contributed by atoms with Gasteiger partial charge in [0, 0.05) is 11.3 Å². The summed E-state index contributed by atoms with van der Waals surface area (Å²) >= 11 is 0. The molecule has 3 aromatic carbocycles. The van der Waals surface area contributed by atoms with Gasteiger partial charge in [0.05, 0.1) is 7.11 Å². The van der Waals surface area contributed by atoms with E-state index in [1.165, 1.54) is 25.3 Å². The van der Waals surface area contributed by atoms with Gasteiger partial charge in [0.1, 0.15) is 24.1 Å². The standard InChI is InChI=1S/C29H27FN2O3/c1-5-7-23-14-22(15-24(17-31)29(33)32-26-9-6-8-19(2)20(26)3)16-27(34-4)28(23)35-18-21-10-12-25(30)13-11-21/h5-6,8-16H,1,7,18H2,2-4H3,(H,32,33)/b24-15+. The number of allylic oxidation sites excluding steroid dienone is 1. The highest BCUT2D eigenvalue weighted by atomic mass is 19.1. The second-order valence-electron chi connectivity index (χ2n) is 7.99. The molecule has 178 valence electrons. The van der Waals surface area contributed by atoms with Crippen molar-refractivity contribution >= 4 is 17.7 Å². The van der Waals surface area contributed by atoms with E-state index in [1.807, 2.05) is 38.1 Å². The van der Waals surface area contributed by atoms with E-state index in [1.54, 1.807) is 30.3 Å². The van der Waals surface area contributed by atoms with E-state index < -0.39 is 5.91 Å². The summed E-state index contributed by atoms with van der Waals surface area (Å²) in [4.78, 5) is 12.8. The number of hydrogen-bond donors (Lipinski definition) is 1. The molecule has 3 aromatic rings. The number of benzene rings is 3. The van der Waals surface area contributed by atoms with Gasteiger partial charge in [-0.1, -0.05) is 30.3 Å². The molecule has 6 heteroatoms. The minimum Gasteiger partial charge on any atom is -0.493 e. The second kappa shape index (κ2) is 11.7. The molecule has 0 aliphatic rings. The zero-order valence-corrected chi connectivity index (χ0v) is 20.0. The molecule has 35 heavy (non-hydrogen) atoms. The predicted octanol–water partition coefficient (Wildman–Crippen LogP) is 6.30. The number of nitrogens with zero attached hydrogens (tertiary/aromatic N) is 1. The molecule has 0 atom stereocenters. The van der Waals surface area contributed by atoms with Crippen LogP contribution in [-0.4, -0.2) is 13.0 Å². The van der Waals surface area contributed by atoms with Crippen LogP contribution in [0.5, 0.6) is 11.5 Å². The maximum atomic E-state index is 13.2. The third-order valence-corrected chi connectivity index (χ3v) is 5.56. The zero-order chi connectivity index (χ0) is 25.4. The summed E-state index contributed by atoms with van der Waals surface area (Å²) in [6.07, 6.45) is 3.72. The molecule has 0 aliphatic carbocycles. The Morgan fingerprint density at radius 2 is 1.91 bits per heavy atom. The number of nitrogens with one attached hydrogen (secondary N) is 1. The van der Waals surface area contributed by atoms with Gasteiger partial charge in [-0.2, -0.15) is 5.26 Å². The Hall–Kier alpha value is -4.37. The molecule has 0 radical (unpaired) electrons. The first-order valence-corrected chi connectivity index (χ1v) is 11.0.